The summed E-state index contributed by atoms with van der Waals surface area (Å²) < 4.78 is 12.2. The number of aliphatic hydroxyl groups excluding tert-OH is 2. The summed E-state index contributed by atoms with van der Waals surface area (Å²) in [7, 11) is 0. The number of hydrogen-bond acceptors (Lipinski definition) is 7. The summed E-state index contributed by atoms with van der Waals surface area (Å²) in [6, 6.07) is 17.5. The van der Waals surface area contributed by atoms with Crippen LogP contribution in [0.5, 0.6) is 0 Å². The fraction of sp³-hybridized carbons (Fsp3) is 0.292. The van der Waals surface area contributed by atoms with Crippen LogP contribution in [0.2, 0.25) is 0 Å². The molecular weight excluding hydrogens is 426 g/mol. The first-order chi connectivity index (χ1) is 16.0. The van der Waals surface area contributed by atoms with E-state index in [0.717, 1.165) is 22.3 Å². The van der Waals surface area contributed by atoms with Crippen molar-refractivity contribution in [3.8, 4) is 11.1 Å². The van der Waals surface area contributed by atoms with Crippen LogP contribution in [0.15, 0.2) is 65.6 Å². The zero-order valence-electron chi connectivity index (χ0n) is 17.6. The molecule has 0 unspecified atom stereocenters. The van der Waals surface area contributed by atoms with Crippen molar-refractivity contribution in [2.75, 3.05) is 18.5 Å². The van der Waals surface area contributed by atoms with Crippen molar-refractivity contribution in [1.82, 2.24) is 9.55 Å². The predicted octanol–water partition coefficient (Wildman–Crippen LogP) is 2.25. The van der Waals surface area contributed by atoms with Gasteiger partial charge in [0.15, 0.2) is 0 Å². The van der Waals surface area contributed by atoms with Gasteiger partial charge >= 0.3 is 11.8 Å². The van der Waals surface area contributed by atoms with Crippen LogP contribution >= 0.6 is 0 Å². The molecule has 1 aromatic heterocycles. The summed E-state index contributed by atoms with van der Waals surface area (Å²) in [5, 5.41) is 21.5. The highest BCUT2D eigenvalue weighted by atomic mass is 16.6. The second kappa shape index (κ2) is 8.78. The van der Waals surface area contributed by atoms with E-state index >= 15 is 0 Å². The minimum Gasteiger partial charge on any atom is -0.448 e. The van der Waals surface area contributed by atoms with Crippen molar-refractivity contribution in [3.63, 3.8) is 0 Å². The molecule has 2 aromatic carbocycles. The van der Waals surface area contributed by atoms with Crippen molar-refractivity contribution in [1.29, 1.82) is 0 Å². The first kappa shape index (κ1) is 21.3. The second-order valence-electron chi connectivity index (χ2n) is 8.07. The lowest BCUT2D eigenvalue weighted by Crippen LogP contribution is -2.29. The van der Waals surface area contributed by atoms with Gasteiger partial charge < -0.3 is 19.7 Å². The number of anilines is 1. The van der Waals surface area contributed by atoms with Crippen LogP contribution in [0.4, 0.5) is 10.6 Å². The van der Waals surface area contributed by atoms with Gasteiger partial charge in [-0.1, -0.05) is 48.5 Å². The largest absolute Gasteiger partial charge is 0.448 e. The Balaban J connectivity index is 1.24. The Kier molecular flexibility index (Phi) is 5.67. The maximum absolute atomic E-state index is 12.4. The summed E-state index contributed by atoms with van der Waals surface area (Å²) in [5.74, 6) is -0.0275. The lowest BCUT2D eigenvalue weighted by atomic mass is 9.98. The van der Waals surface area contributed by atoms with E-state index in [-0.39, 0.29) is 31.4 Å². The van der Waals surface area contributed by atoms with Crippen LogP contribution in [-0.2, 0) is 9.47 Å². The molecule has 1 aliphatic heterocycles. The van der Waals surface area contributed by atoms with E-state index in [1.807, 2.05) is 36.4 Å². The third-order valence-electron chi connectivity index (χ3n) is 6.10. The number of benzene rings is 2. The molecule has 9 heteroatoms. The molecule has 2 aliphatic rings. The van der Waals surface area contributed by atoms with Gasteiger partial charge in [0.2, 0.25) is 0 Å². The Labute approximate surface area is 189 Å². The highest BCUT2D eigenvalue weighted by Gasteiger charge is 2.35. The zero-order chi connectivity index (χ0) is 22.9. The first-order valence-corrected chi connectivity index (χ1v) is 10.7. The van der Waals surface area contributed by atoms with Gasteiger partial charge in [0, 0.05) is 18.5 Å². The Morgan fingerprint density at radius 1 is 1.12 bits per heavy atom. The quantitative estimate of drug-likeness (QED) is 0.546. The zero-order valence-corrected chi connectivity index (χ0v) is 17.6. The highest BCUT2D eigenvalue weighted by Crippen LogP contribution is 2.44. The van der Waals surface area contributed by atoms with Gasteiger partial charge in [0.1, 0.15) is 24.8 Å². The number of ether oxygens (including phenoxy) is 2. The summed E-state index contributed by atoms with van der Waals surface area (Å²) in [6.07, 6.45) is -1.49. The fourth-order valence-electron chi connectivity index (χ4n) is 4.49. The van der Waals surface area contributed by atoms with Crippen LogP contribution in [0.3, 0.4) is 0 Å². The summed E-state index contributed by atoms with van der Waals surface area (Å²) >= 11 is 0. The molecule has 33 heavy (non-hydrogen) atoms. The predicted molar refractivity (Wildman–Crippen MR) is 119 cm³/mol. The normalized spacial score (nSPS) is 21.5. The SMILES string of the molecule is O=C(Nc1ccn([C@H]2C[C@H](O)[C@@H](CO)O2)c(=O)n1)OCC1c2ccccc2-c2ccccc21. The maximum atomic E-state index is 12.4. The minimum atomic E-state index is -0.870. The van der Waals surface area contributed by atoms with Crippen molar-refractivity contribution < 1.29 is 24.5 Å². The van der Waals surface area contributed by atoms with Gasteiger partial charge in [0.05, 0.1) is 12.7 Å². The van der Waals surface area contributed by atoms with Gasteiger partial charge in [-0.15, -0.1) is 0 Å². The summed E-state index contributed by atoms with van der Waals surface area (Å²) in [6.45, 7) is -0.200. The topological polar surface area (TPSA) is 123 Å². The second-order valence-corrected chi connectivity index (χ2v) is 8.07. The minimum absolute atomic E-state index is 0.0470. The molecule has 1 aliphatic carbocycles. The third kappa shape index (κ3) is 4.02. The van der Waals surface area contributed by atoms with Gasteiger partial charge in [-0.2, -0.15) is 4.98 Å². The van der Waals surface area contributed by atoms with Crippen LogP contribution in [0.25, 0.3) is 11.1 Å². The van der Waals surface area contributed by atoms with E-state index in [1.54, 1.807) is 0 Å². The van der Waals surface area contributed by atoms with Gasteiger partial charge in [-0.05, 0) is 28.3 Å². The Bertz CT molecular complexity index is 1200. The van der Waals surface area contributed by atoms with Gasteiger partial charge in [-0.3, -0.25) is 9.88 Å². The Morgan fingerprint density at radius 2 is 1.79 bits per heavy atom. The van der Waals surface area contributed by atoms with Crippen LogP contribution < -0.4 is 11.0 Å². The van der Waals surface area contributed by atoms with E-state index in [2.05, 4.69) is 22.4 Å². The first-order valence-electron chi connectivity index (χ1n) is 10.7. The number of aliphatic hydroxyl groups is 2. The van der Waals surface area contributed by atoms with E-state index < -0.39 is 30.2 Å². The molecule has 1 amide bonds. The van der Waals surface area contributed by atoms with Crippen LogP contribution in [0.1, 0.15) is 29.7 Å². The maximum Gasteiger partial charge on any atom is 0.412 e. The molecule has 1 fully saturated rings. The molecule has 3 aromatic rings. The van der Waals surface area contributed by atoms with E-state index in [4.69, 9.17) is 9.47 Å². The van der Waals surface area contributed by atoms with Crippen molar-refractivity contribution in [3.05, 3.63) is 82.4 Å². The molecule has 0 radical (unpaired) electrons. The Hall–Kier alpha value is -3.53. The number of aromatic nitrogens is 2. The van der Waals surface area contributed by atoms with Crippen molar-refractivity contribution in [2.24, 2.45) is 0 Å². The molecule has 5 rings (SSSR count). The Morgan fingerprint density at radius 3 is 2.39 bits per heavy atom. The molecule has 1 saturated heterocycles. The monoisotopic (exact) mass is 449 g/mol. The van der Waals surface area contributed by atoms with Crippen molar-refractivity contribution in [2.45, 2.75) is 30.8 Å². The molecule has 3 N–H and O–H groups in total. The van der Waals surface area contributed by atoms with Crippen LogP contribution in [0, 0.1) is 0 Å². The molecular formula is C24H23N3O6. The molecule has 0 bridgehead atoms. The highest BCUT2D eigenvalue weighted by molar-refractivity contribution is 5.83. The lowest BCUT2D eigenvalue weighted by molar-refractivity contribution is -0.0458. The van der Waals surface area contributed by atoms with Crippen molar-refractivity contribution >= 4 is 11.9 Å². The van der Waals surface area contributed by atoms with Gasteiger partial charge in [0.25, 0.3) is 0 Å². The standard InChI is InChI=1S/C24H23N3O6/c28-12-20-19(29)11-22(33-20)27-10-9-21(25-23(27)30)26-24(31)32-13-18-16-7-3-1-5-14(16)15-6-2-4-8-17(15)18/h1-10,18-20,22,28-29H,11-13H2,(H,25,26,30,31)/t19-,20+,22+/m0/s1. The third-order valence-corrected chi connectivity index (χ3v) is 6.10. The smallest absolute Gasteiger partial charge is 0.412 e. The molecule has 3 atom stereocenters. The molecule has 0 saturated carbocycles. The van der Waals surface area contributed by atoms with E-state index in [1.165, 1.54) is 16.8 Å². The number of fused-ring (bicyclic) bond motifs is 3. The average Bonchev–Trinajstić information content (AvgIpc) is 3.35. The number of amides is 1. The average molecular weight is 449 g/mol. The number of carbonyl (C=O) groups is 1. The lowest BCUT2D eigenvalue weighted by Gasteiger charge is -2.15. The molecule has 170 valence electrons. The molecule has 9 nitrogen and oxygen atoms in total. The van der Waals surface area contributed by atoms with E-state index in [9.17, 15) is 19.8 Å². The van der Waals surface area contributed by atoms with E-state index in [0.29, 0.717) is 0 Å². The summed E-state index contributed by atoms with van der Waals surface area (Å²) in [4.78, 5) is 28.6. The number of nitrogens with zero attached hydrogens (tertiary/aromatic N) is 2. The fourth-order valence-corrected chi connectivity index (χ4v) is 4.49. The number of carbonyl (C=O) groups excluding carboxylic acids is 1. The van der Waals surface area contributed by atoms with Gasteiger partial charge in [-0.25, -0.2) is 9.59 Å². The molecule has 0 spiro atoms. The number of hydrogen-bond donors (Lipinski definition) is 3. The van der Waals surface area contributed by atoms with Crippen LogP contribution in [-0.4, -0.2) is 51.3 Å². The summed E-state index contributed by atoms with van der Waals surface area (Å²) in [5.41, 5.74) is 3.83. The number of rotatable bonds is 5. The molecule has 2 heterocycles. The number of nitrogens with one attached hydrogen (secondary N) is 1.